The molecule has 0 saturated carbocycles. The highest BCUT2D eigenvalue weighted by Gasteiger charge is 2.25. The maximum atomic E-state index is 11.4. The number of nitrogens with zero attached hydrogens (tertiary/aromatic N) is 1. The number of hydrogen-bond donors (Lipinski definition) is 2. The molecule has 1 heterocycles. The number of fused-ring (bicyclic) bond motifs is 1. The number of aromatic carboxylic acids is 1. The van der Waals surface area contributed by atoms with Gasteiger partial charge in [0.05, 0.1) is 23.5 Å². The van der Waals surface area contributed by atoms with Gasteiger partial charge in [-0.05, 0) is 19.1 Å². The average molecular weight is 220 g/mol. The van der Waals surface area contributed by atoms with E-state index in [4.69, 9.17) is 5.11 Å². The minimum Gasteiger partial charge on any atom is -0.478 e. The topological polar surface area (TPSA) is 69.6 Å². The summed E-state index contributed by atoms with van der Waals surface area (Å²) in [6, 6.07) is 4.88. The Labute approximate surface area is 92.7 Å². The van der Waals surface area contributed by atoms with Crippen molar-refractivity contribution in [2.75, 3.05) is 23.3 Å². The van der Waals surface area contributed by atoms with E-state index in [-0.39, 0.29) is 18.0 Å². The van der Waals surface area contributed by atoms with Crippen molar-refractivity contribution in [1.82, 2.24) is 0 Å². The van der Waals surface area contributed by atoms with Crippen LogP contribution in [0.15, 0.2) is 18.2 Å². The first-order valence-electron chi connectivity index (χ1n) is 5.04. The van der Waals surface area contributed by atoms with Gasteiger partial charge < -0.3 is 15.3 Å². The second-order valence-corrected chi connectivity index (χ2v) is 3.57. The van der Waals surface area contributed by atoms with Gasteiger partial charge in [0, 0.05) is 6.54 Å². The van der Waals surface area contributed by atoms with E-state index in [1.807, 2.05) is 6.92 Å². The van der Waals surface area contributed by atoms with Crippen molar-refractivity contribution >= 4 is 23.3 Å². The highest BCUT2D eigenvalue weighted by Crippen LogP contribution is 2.32. The van der Waals surface area contributed by atoms with E-state index in [1.54, 1.807) is 23.1 Å². The van der Waals surface area contributed by atoms with Gasteiger partial charge in [0.1, 0.15) is 0 Å². The van der Waals surface area contributed by atoms with Crippen LogP contribution in [0.2, 0.25) is 0 Å². The predicted octanol–water partition coefficient (Wildman–Crippen LogP) is 1.16. The molecule has 0 fully saturated rings. The minimum absolute atomic E-state index is 0.114. The Bertz CT molecular complexity index is 457. The lowest BCUT2D eigenvalue weighted by atomic mass is 10.1. The third-order valence-electron chi connectivity index (χ3n) is 2.57. The van der Waals surface area contributed by atoms with E-state index in [9.17, 15) is 9.59 Å². The van der Waals surface area contributed by atoms with Gasteiger partial charge in [-0.2, -0.15) is 0 Å². The van der Waals surface area contributed by atoms with Gasteiger partial charge in [-0.3, -0.25) is 4.79 Å². The number of carboxylic acid groups (broad SMARTS) is 1. The summed E-state index contributed by atoms with van der Waals surface area (Å²) in [6.45, 7) is 2.69. The third kappa shape index (κ3) is 1.60. The largest absolute Gasteiger partial charge is 0.478 e. The highest BCUT2D eigenvalue weighted by atomic mass is 16.4. The van der Waals surface area contributed by atoms with Gasteiger partial charge in [0.2, 0.25) is 5.91 Å². The summed E-state index contributed by atoms with van der Waals surface area (Å²) in [4.78, 5) is 24.2. The smallest absolute Gasteiger partial charge is 0.337 e. The van der Waals surface area contributed by atoms with Crippen molar-refractivity contribution in [2.45, 2.75) is 6.92 Å². The van der Waals surface area contributed by atoms with Gasteiger partial charge in [-0.15, -0.1) is 0 Å². The Kier molecular flexibility index (Phi) is 2.52. The molecular weight excluding hydrogens is 208 g/mol. The molecule has 0 aromatic heterocycles. The fourth-order valence-electron chi connectivity index (χ4n) is 1.87. The molecule has 1 amide bonds. The van der Waals surface area contributed by atoms with Crippen LogP contribution in [0.4, 0.5) is 11.4 Å². The van der Waals surface area contributed by atoms with Crippen molar-refractivity contribution in [3.05, 3.63) is 23.8 Å². The second kappa shape index (κ2) is 3.84. The number of hydrogen-bond acceptors (Lipinski definition) is 3. The first kappa shape index (κ1) is 10.5. The summed E-state index contributed by atoms with van der Waals surface area (Å²) < 4.78 is 0. The quantitative estimate of drug-likeness (QED) is 0.784. The molecule has 2 N–H and O–H groups in total. The van der Waals surface area contributed by atoms with Crippen molar-refractivity contribution in [3.8, 4) is 0 Å². The maximum absolute atomic E-state index is 11.4. The number of para-hydroxylation sites is 1. The molecule has 0 saturated heterocycles. The van der Waals surface area contributed by atoms with Gasteiger partial charge >= 0.3 is 5.97 Å². The molecule has 0 bridgehead atoms. The van der Waals surface area contributed by atoms with Crippen LogP contribution in [0.25, 0.3) is 0 Å². The number of nitrogens with one attached hydrogen (secondary N) is 1. The van der Waals surface area contributed by atoms with E-state index < -0.39 is 5.97 Å². The van der Waals surface area contributed by atoms with Crippen LogP contribution in [0, 0.1) is 0 Å². The SMILES string of the molecule is CCN1CC(=O)Nc2cccc(C(=O)O)c21. The van der Waals surface area contributed by atoms with E-state index in [0.29, 0.717) is 17.9 Å². The highest BCUT2D eigenvalue weighted by molar-refractivity contribution is 6.07. The molecule has 1 aliphatic heterocycles. The molecule has 2 rings (SSSR count). The zero-order chi connectivity index (χ0) is 11.7. The van der Waals surface area contributed by atoms with Crippen LogP contribution in [-0.2, 0) is 4.79 Å². The van der Waals surface area contributed by atoms with Gasteiger partial charge in [-0.1, -0.05) is 6.07 Å². The Balaban J connectivity index is 2.58. The van der Waals surface area contributed by atoms with Crippen LogP contribution in [0.3, 0.4) is 0 Å². The Morgan fingerprint density at radius 1 is 1.56 bits per heavy atom. The third-order valence-corrected chi connectivity index (χ3v) is 2.57. The standard InChI is InChI=1S/C11H12N2O3/c1-2-13-6-9(14)12-8-5-3-4-7(10(8)13)11(15)16/h3-5H,2,6H2,1H3,(H,12,14)(H,15,16). The minimum atomic E-state index is -0.980. The first-order chi connectivity index (χ1) is 7.63. The first-order valence-corrected chi connectivity index (χ1v) is 5.04. The van der Waals surface area contributed by atoms with Gasteiger partial charge in [0.15, 0.2) is 0 Å². The molecule has 0 radical (unpaired) electrons. The summed E-state index contributed by atoms with van der Waals surface area (Å²) in [7, 11) is 0. The lowest BCUT2D eigenvalue weighted by Crippen LogP contribution is -2.39. The van der Waals surface area contributed by atoms with Crippen LogP contribution in [-0.4, -0.2) is 30.1 Å². The van der Waals surface area contributed by atoms with Gasteiger partial charge in [-0.25, -0.2) is 4.79 Å². The summed E-state index contributed by atoms with van der Waals surface area (Å²) in [5.41, 5.74) is 1.38. The Morgan fingerprint density at radius 3 is 2.94 bits per heavy atom. The van der Waals surface area contributed by atoms with Crippen LogP contribution < -0.4 is 10.2 Å². The number of carboxylic acids is 1. The van der Waals surface area contributed by atoms with E-state index in [1.165, 1.54) is 0 Å². The van der Waals surface area contributed by atoms with Crippen molar-refractivity contribution in [3.63, 3.8) is 0 Å². The molecule has 1 aromatic carbocycles. The molecule has 5 heteroatoms. The molecule has 0 unspecified atom stereocenters. The summed E-state index contributed by atoms with van der Waals surface area (Å²) >= 11 is 0. The lowest BCUT2D eigenvalue weighted by molar-refractivity contribution is -0.115. The average Bonchev–Trinajstić information content (AvgIpc) is 2.26. The molecule has 5 nitrogen and oxygen atoms in total. The summed E-state index contributed by atoms with van der Waals surface area (Å²) in [5.74, 6) is -1.09. The summed E-state index contributed by atoms with van der Waals surface area (Å²) in [5, 5.41) is 11.8. The molecule has 84 valence electrons. The Hall–Kier alpha value is -2.04. The normalized spacial score (nSPS) is 14.3. The van der Waals surface area contributed by atoms with Crippen LogP contribution in [0.1, 0.15) is 17.3 Å². The van der Waals surface area contributed by atoms with Crippen molar-refractivity contribution in [2.24, 2.45) is 0 Å². The Morgan fingerprint density at radius 2 is 2.31 bits per heavy atom. The molecule has 16 heavy (non-hydrogen) atoms. The molecule has 1 aliphatic rings. The zero-order valence-corrected chi connectivity index (χ0v) is 8.86. The fraction of sp³-hybridized carbons (Fsp3) is 0.273. The zero-order valence-electron chi connectivity index (χ0n) is 8.86. The number of rotatable bonds is 2. The fourth-order valence-corrected chi connectivity index (χ4v) is 1.87. The van der Waals surface area contributed by atoms with Crippen molar-refractivity contribution in [1.29, 1.82) is 0 Å². The molecule has 1 aromatic rings. The van der Waals surface area contributed by atoms with E-state index in [2.05, 4.69) is 5.32 Å². The van der Waals surface area contributed by atoms with Crippen LogP contribution >= 0.6 is 0 Å². The molecule has 0 aliphatic carbocycles. The predicted molar refractivity (Wildman–Crippen MR) is 59.9 cm³/mol. The number of benzene rings is 1. The number of carbonyl (C=O) groups excluding carboxylic acids is 1. The monoisotopic (exact) mass is 220 g/mol. The number of amides is 1. The molecule has 0 spiro atoms. The molecule has 0 atom stereocenters. The maximum Gasteiger partial charge on any atom is 0.337 e. The van der Waals surface area contributed by atoms with E-state index in [0.717, 1.165) is 0 Å². The van der Waals surface area contributed by atoms with E-state index >= 15 is 0 Å². The van der Waals surface area contributed by atoms with Crippen LogP contribution in [0.5, 0.6) is 0 Å². The van der Waals surface area contributed by atoms with Gasteiger partial charge in [0.25, 0.3) is 0 Å². The number of carbonyl (C=O) groups is 2. The second-order valence-electron chi connectivity index (χ2n) is 3.57. The molecular formula is C11H12N2O3. The number of anilines is 2. The number of likely N-dealkylation sites (N-methyl/N-ethyl adjacent to an activating group) is 1. The summed E-state index contributed by atoms with van der Waals surface area (Å²) in [6.07, 6.45) is 0. The van der Waals surface area contributed by atoms with Crippen molar-refractivity contribution < 1.29 is 14.7 Å². The lowest BCUT2D eigenvalue weighted by Gasteiger charge is -2.30.